The maximum absolute atomic E-state index is 13.3. The van der Waals surface area contributed by atoms with Gasteiger partial charge in [0.05, 0.1) is 6.61 Å². The summed E-state index contributed by atoms with van der Waals surface area (Å²) in [5, 5.41) is 0. The second-order valence-electron chi connectivity index (χ2n) is 4.27. The van der Waals surface area contributed by atoms with Gasteiger partial charge >= 0.3 is 0 Å². The minimum Gasteiger partial charge on any atom is -0.493 e. The van der Waals surface area contributed by atoms with Crippen LogP contribution < -0.4 is 4.74 Å². The van der Waals surface area contributed by atoms with Gasteiger partial charge in [0.25, 0.3) is 0 Å². The van der Waals surface area contributed by atoms with E-state index in [1.807, 2.05) is 18.2 Å². The molecule has 0 amide bonds. The molecule has 18 heavy (non-hydrogen) atoms. The Morgan fingerprint density at radius 1 is 1.17 bits per heavy atom. The molecule has 0 aromatic heterocycles. The van der Waals surface area contributed by atoms with Crippen molar-refractivity contribution in [3.8, 4) is 16.9 Å². The van der Waals surface area contributed by atoms with Crippen molar-refractivity contribution < 1.29 is 13.9 Å². The molecule has 0 aliphatic carbocycles. The van der Waals surface area contributed by atoms with Crippen molar-refractivity contribution in [2.45, 2.75) is 6.42 Å². The number of carbonyl (C=O) groups excluding carboxylic acids is 1. The Labute approximate surface area is 104 Å². The lowest BCUT2D eigenvalue weighted by molar-refractivity contribution is 0.112. The van der Waals surface area contributed by atoms with Crippen molar-refractivity contribution in [1.29, 1.82) is 0 Å². The van der Waals surface area contributed by atoms with E-state index in [0.29, 0.717) is 17.7 Å². The molecule has 0 saturated heterocycles. The molecular weight excluding hydrogens is 231 g/mol. The van der Waals surface area contributed by atoms with Crippen LogP contribution in [-0.2, 0) is 6.42 Å². The number of hydrogen-bond acceptors (Lipinski definition) is 2. The molecular formula is C15H11FO2. The molecule has 3 heteroatoms. The summed E-state index contributed by atoms with van der Waals surface area (Å²) < 4.78 is 18.7. The lowest BCUT2D eigenvalue weighted by atomic mass is 9.98. The molecule has 0 spiro atoms. The molecule has 0 unspecified atom stereocenters. The summed E-state index contributed by atoms with van der Waals surface area (Å²) in [6, 6.07) is 9.87. The molecule has 0 atom stereocenters. The molecule has 1 aliphatic rings. The fourth-order valence-electron chi connectivity index (χ4n) is 2.24. The average Bonchev–Trinajstić information content (AvgIpc) is 2.85. The molecule has 0 radical (unpaired) electrons. The predicted molar refractivity (Wildman–Crippen MR) is 66.4 cm³/mol. The number of benzene rings is 2. The van der Waals surface area contributed by atoms with Crippen LogP contribution in [0, 0.1) is 5.82 Å². The predicted octanol–water partition coefficient (Wildman–Crippen LogP) is 3.24. The summed E-state index contributed by atoms with van der Waals surface area (Å²) in [6.45, 7) is 0.683. The lowest BCUT2D eigenvalue weighted by Gasteiger charge is -2.07. The zero-order valence-electron chi connectivity index (χ0n) is 9.65. The first-order valence-electron chi connectivity index (χ1n) is 5.79. The van der Waals surface area contributed by atoms with Crippen molar-refractivity contribution in [3.05, 3.63) is 53.3 Å². The fraction of sp³-hybridized carbons (Fsp3) is 0.133. The highest BCUT2D eigenvalue weighted by Gasteiger charge is 2.14. The van der Waals surface area contributed by atoms with Gasteiger partial charge in [0.2, 0.25) is 0 Å². The van der Waals surface area contributed by atoms with Crippen LogP contribution >= 0.6 is 0 Å². The van der Waals surface area contributed by atoms with Crippen LogP contribution in [0.15, 0.2) is 36.4 Å². The molecule has 0 N–H and O–H groups in total. The van der Waals surface area contributed by atoms with Crippen molar-refractivity contribution >= 4 is 6.29 Å². The van der Waals surface area contributed by atoms with Gasteiger partial charge in [0.15, 0.2) is 6.29 Å². The van der Waals surface area contributed by atoms with Crippen LogP contribution in [-0.4, -0.2) is 12.9 Å². The Bertz CT molecular complexity index is 620. The second-order valence-corrected chi connectivity index (χ2v) is 4.27. The Kier molecular flexibility index (Phi) is 2.59. The quantitative estimate of drug-likeness (QED) is 0.756. The number of hydrogen-bond donors (Lipinski definition) is 0. The van der Waals surface area contributed by atoms with Crippen molar-refractivity contribution in [2.75, 3.05) is 6.61 Å². The van der Waals surface area contributed by atoms with Crippen molar-refractivity contribution in [3.63, 3.8) is 0 Å². The highest BCUT2D eigenvalue weighted by Crippen LogP contribution is 2.31. The van der Waals surface area contributed by atoms with Gasteiger partial charge in [0, 0.05) is 12.0 Å². The SMILES string of the molecule is O=Cc1ccc(F)cc1-c1ccc2c(c1)CCO2. The summed E-state index contributed by atoms with van der Waals surface area (Å²) >= 11 is 0. The zero-order valence-corrected chi connectivity index (χ0v) is 9.65. The maximum atomic E-state index is 13.3. The molecule has 1 heterocycles. The van der Waals surface area contributed by atoms with Crippen LogP contribution in [0.25, 0.3) is 11.1 Å². The Morgan fingerprint density at radius 2 is 2.06 bits per heavy atom. The molecule has 2 aromatic rings. The highest BCUT2D eigenvalue weighted by molar-refractivity contribution is 5.87. The molecule has 90 valence electrons. The number of ether oxygens (including phenoxy) is 1. The third kappa shape index (κ3) is 1.78. The van der Waals surface area contributed by atoms with E-state index in [1.54, 1.807) is 0 Å². The monoisotopic (exact) mass is 242 g/mol. The van der Waals surface area contributed by atoms with E-state index in [-0.39, 0.29) is 5.82 Å². The molecule has 0 fully saturated rings. The molecule has 2 aromatic carbocycles. The number of aldehydes is 1. The van der Waals surface area contributed by atoms with Crippen LogP contribution in [0.5, 0.6) is 5.75 Å². The van der Waals surface area contributed by atoms with Crippen LogP contribution in [0.3, 0.4) is 0 Å². The van der Waals surface area contributed by atoms with E-state index in [4.69, 9.17) is 4.74 Å². The van der Waals surface area contributed by atoms with E-state index in [1.165, 1.54) is 18.2 Å². The van der Waals surface area contributed by atoms with Gasteiger partial charge < -0.3 is 4.74 Å². The Morgan fingerprint density at radius 3 is 2.89 bits per heavy atom. The molecule has 3 rings (SSSR count). The van der Waals surface area contributed by atoms with E-state index < -0.39 is 0 Å². The third-order valence-electron chi connectivity index (χ3n) is 3.14. The van der Waals surface area contributed by atoms with Gasteiger partial charge in [-0.25, -0.2) is 4.39 Å². The summed E-state index contributed by atoms with van der Waals surface area (Å²) in [7, 11) is 0. The third-order valence-corrected chi connectivity index (χ3v) is 3.14. The topological polar surface area (TPSA) is 26.3 Å². The average molecular weight is 242 g/mol. The van der Waals surface area contributed by atoms with Gasteiger partial charge in [-0.15, -0.1) is 0 Å². The summed E-state index contributed by atoms with van der Waals surface area (Å²) in [4.78, 5) is 11.0. The highest BCUT2D eigenvalue weighted by atomic mass is 19.1. The van der Waals surface area contributed by atoms with E-state index >= 15 is 0 Å². The number of fused-ring (bicyclic) bond motifs is 1. The largest absolute Gasteiger partial charge is 0.493 e. The molecule has 0 saturated carbocycles. The van der Waals surface area contributed by atoms with Gasteiger partial charge in [-0.3, -0.25) is 4.79 Å². The first-order chi connectivity index (χ1) is 8.78. The van der Waals surface area contributed by atoms with Gasteiger partial charge in [-0.1, -0.05) is 6.07 Å². The summed E-state index contributed by atoms with van der Waals surface area (Å²) in [6.07, 6.45) is 1.60. The molecule has 1 aliphatic heterocycles. The number of carbonyl (C=O) groups is 1. The van der Waals surface area contributed by atoms with Crippen molar-refractivity contribution in [2.24, 2.45) is 0 Å². The first kappa shape index (κ1) is 11.0. The number of halogens is 1. The zero-order chi connectivity index (χ0) is 12.5. The Hall–Kier alpha value is -2.16. The Balaban J connectivity index is 2.14. The van der Waals surface area contributed by atoms with Gasteiger partial charge in [-0.2, -0.15) is 0 Å². The standard InChI is InChI=1S/C15H11FO2/c16-13-3-1-12(9-17)14(8-13)10-2-4-15-11(7-10)5-6-18-15/h1-4,7-9H,5-6H2. The van der Waals surface area contributed by atoms with Crippen LogP contribution in [0.1, 0.15) is 15.9 Å². The van der Waals surface area contributed by atoms with E-state index in [9.17, 15) is 9.18 Å². The van der Waals surface area contributed by atoms with E-state index in [2.05, 4.69) is 0 Å². The van der Waals surface area contributed by atoms with Crippen LogP contribution in [0.2, 0.25) is 0 Å². The fourth-order valence-corrected chi connectivity index (χ4v) is 2.24. The minimum atomic E-state index is -0.340. The number of rotatable bonds is 2. The van der Waals surface area contributed by atoms with Gasteiger partial charge in [0.1, 0.15) is 11.6 Å². The van der Waals surface area contributed by atoms with Gasteiger partial charge in [-0.05, 0) is 47.0 Å². The second kappa shape index (κ2) is 4.26. The molecule has 0 bridgehead atoms. The summed E-state index contributed by atoms with van der Waals surface area (Å²) in [5.41, 5.74) is 3.07. The van der Waals surface area contributed by atoms with Crippen LogP contribution in [0.4, 0.5) is 4.39 Å². The molecule has 2 nitrogen and oxygen atoms in total. The maximum Gasteiger partial charge on any atom is 0.150 e. The lowest BCUT2D eigenvalue weighted by Crippen LogP contribution is -1.90. The van der Waals surface area contributed by atoms with Crippen molar-refractivity contribution in [1.82, 2.24) is 0 Å². The minimum absolute atomic E-state index is 0.340. The van der Waals surface area contributed by atoms with E-state index in [0.717, 1.165) is 29.6 Å². The normalized spacial score (nSPS) is 12.9. The summed E-state index contributed by atoms with van der Waals surface area (Å²) in [5.74, 6) is 0.537. The smallest absolute Gasteiger partial charge is 0.150 e. The first-order valence-corrected chi connectivity index (χ1v) is 5.79.